The van der Waals surface area contributed by atoms with E-state index >= 15 is 0 Å². The molecule has 134 valence electrons. The van der Waals surface area contributed by atoms with Crippen molar-refractivity contribution in [2.24, 2.45) is 0 Å². The molecule has 25 heavy (non-hydrogen) atoms. The zero-order valence-corrected chi connectivity index (χ0v) is 16.5. The lowest BCUT2D eigenvalue weighted by molar-refractivity contribution is -0.123. The van der Waals surface area contributed by atoms with Gasteiger partial charge in [0.15, 0.2) is 0 Å². The number of thiocarbonyl (C=S) groups is 1. The third-order valence-corrected chi connectivity index (χ3v) is 6.13. The predicted molar refractivity (Wildman–Crippen MR) is 108 cm³/mol. The molecule has 0 radical (unpaired) electrons. The van der Waals surface area contributed by atoms with Crippen molar-refractivity contribution in [2.45, 2.75) is 32.9 Å². The Morgan fingerprint density at radius 2 is 1.88 bits per heavy atom. The van der Waals surface area contributed by atoms with Crippen molar-refractivity contribution in [3.8, 4) is 0 Å². The van der Waals surface area contributed by atoms with Crippen LogP contribution in [-0.4, -0.2) is 57.1 Å². The van der Waals surface area contributed by atoms with Gasteiger partial charge < -0.3 is 4.90 Å². The molecule has 1 atom stereocenters. The van der Waals surface area contributed by atoms with E-state index in [4.69, 9.17) is 12.2 Å². The fraction of sp³-hybridized carbons (Fsp3) is 0.474. The van der Waals surface area contributed by atoms with Gasteiger partial charge in [0.2, 0.25) is 0 Å². The largest absolute Gasteiger partial charge is 0.374 e. The van der Waals surface area contributed by atoms with Gasteiger partial charge in [-0.2, -0.15) is 0 Å². The topological polar surface area (TPSA) is 26.8 Å². The van der Waals surface area contributed by atoms with Crippen LogP contribution in [-0.2, 0) is 11.3 Å². The van der Waals surface area contributed by atoms with Gasteiger partial charge in [0.1, 0.15) is 4.32 Å². The zero-order chi connectivity index (χ0) is 17.8. The van der Waals surface area contributed by atoms with Crippen molar-refractivity contribution >= 4 is 34.2 Å². The van der Waals surface area contributed by atoms with Gasteiger partial charge in [-0.1, -0.05) is 61.2 Å². The van der Waals surface area contributed by atoms with Gasteiger partial charge in [-0.15, -0.1) is 0 Å². The molecule has 0 aliphatic carbocycles. The number of nitrogens with zero attached hydrogens (tertiary/aromatic N) is 3. The van der Waals surface area contributed by atoms with E-state index in [2.05, 4.69) is 54.0 Å². The Kier molecular flexibility index (Phi) is 6.15. The van der Waals surface area contributed by atoms with Crippen LogP contribution in [0.5, 0.6) is 0 Å². The fourth-order valence-electron chi connectivity index (χ4n) is 3.09. The van der Waals surface area contributed by atoms with E-state index in [1.165, 1.54) is 17.3 Å². The number of carbonyl (C=O) groups is 1. The lowest BCUT2D eigenvalue weighted by Crippen LogP contribution is -2.43. The van der Waals surface area contributed by atoms with Gasteiger partial charge in [0.25, 0.3) is 5.91 Å². The van der Waals surface area contributed by atoms with Crippen LogP contribution < -0.4 is 0 Å². The summed E-state index contributed by atoms with van der Waals surface area (Å²) in [7, 11) is 0. The summed E-state index contributed by atoms with van der Waals surface area (Å²) >= 11 is 6.83. The van der Waals surface area contributed by atoms with Gasteiger partial charge in [0, 0.05) is 45.0 Å². The van der Waals surface area contributed by atoms with Crippen LogP contribution in [0.2, 0.25) is 0 Å². The molecule has 0 spiro atoms. The maximum absolute atomic E-state index is 12.6. The molecule has 3 rings (SSSR count). The lowest BCUT2D eigenvalue weighted by atomic mass is 10.2. The molecule has 0 saturated carbocycles. The minimum atomic E-state index is 0.0658. The van der Waals surface area contributed by atoms with E-state index < -0.39 is 0 Å². The number of rotatable bonds is 5. The Morgan fingerprint density at radius 3 is 2.52 bits per heavy atom. The minimum absolute atomic E-state index is 0.0658. The first-order valence-corrected chi connectivity index (χ1v) is 10.1. The van der Waals surface area contributed by atoms with Crippen LogP contribution in [0.4, 0.5) is 0 Å². The van der Waals surface area contributed by atoms with Gasteiger partial charge in [-0.05, 0) is 18.9 Å². The summed E-state index contributed by atoms with van der Waals surface area (Å²) < 4.78 is 0.688. The van der Waals surface area contributed by atoms with Crippen molar-refractivity contribution in [3.05, 3.63) is 47.0 Å². The normalized spacial score (nSPS) is 22.1. The van der Waals surface area contributed by atoms with E-state index in [0.717, 1.165) is 44.0 Å². The Morgan fingerprint density at radius 1 is 1.20 bits per heavy atom. The molecule has 2 fully saturated rings. The molecular formula is C19H25N3OS2. The third kappa shape index (κ3) is 4.43. The number of amides is 1. The molecular weight excluding hydrogens is 350 g/mol. The summed E-state index contributed by atoms with van der Waals surface area (Å²) in [4.78, 5) is 19.9. The van der Waals surface area contributed by atoms with E-state index in [-0.39, 0.29) is 11.9 Å². The van der Waals surface area contributed by atoms with Gasteiger partial charge >= 0.3 is 0 Å². The molecule has 1 aromatic rings. The molecule has 1 unspecified atom stereocenters. The Hall–Kier alpha value is -1.37. The molecule has 1 amide bonds. The molecule has 6 heteroatoms. The van der Waals surface area contributed by atoms with E-state index in [1.54, 1.807) is 4.90 Å². The Bertz CT molecular complexity index is 654. The highest BCUT2D eigenvalue weighted by Gasteiger charge is 2.35. The van der Waals surface area contributed by atoms with Crippen LogP contribution >= 0.6 is 24.0 Å². The van der Waals surface area contributed by atoms with E-state index in [1.807, 2.05) is 6.20 Å². The second-order valence-corrected chi connectivity index (χ2v) is 8.27. The minimum Gasteiger partial charge on any atom is -0.374 e. The van der Waals surface area contributed by atoms with Crippen molar-refractivity contribution < 1.29 is 4.79 Å². The number of hydrogen-bond donors (Lipinski definition) is 0. The van der Waals surface area contributed by atoms with Crippen LogP contribution in [0.15, 0.2) is 41.4 Å². The Labute approximate surface area is 159 Å². The predicted octanol–water partition coefficient (Wildman–Crippen LogP) is 3.30. The highest BCUT2D eigenvalue weighted by molar-refractivity contribution is 8.26. The highest BCUT2D eigenvalue weighted by atomic mass is 32.2. The maximum Gasteiger partial charge on any atom is 0.267 e. The summed E-state index contributed by atoms with van der Waals surface area (Å²) in [6, 6.07) is 10.7. The van der Waals surface area contributed by atoms with Gasteiger partial charge in [-0.25, -0.2) is 0 Å². The second kappa shape index (κ2) is 8.34. The molecule has 2 aliphatic rings. The monoisotopic (exact) mass is 375 g/mol. The van der Waals surface area contributed by atoms with Crippen LogP contribution in [0.1, 0.15) is 25.8 Å². The first-order chi connectivity index (χ1) is 12.1. The van der Waals surface area contributed by atoms with E-state index in [9.17, 15) is 4.79 Å². The zero-order valence-electron chi connectivity index (χ0n) is 14.9. The molecule has 1 aromatic carbocycles. The molecule has 0 N–H and O–H groups in total. The van der Waals surface area contributed by atoms with Gasteiger partial charge in [-0.3, -0.25) is 14.6 Å². The molecule has 2 saturated heterocycles. The maximum atomic E-state index is 12.6. The average molecular weight is 376 g/mol. The summed E-state index contributed by atoms with van der Waals surface area (Å²) in [5.41, 5.74) is 1.35. The fourth-order valence-corrected chi connectivity index (χ4v) is 4.56. The van der Waals surface area contributed by atoms with Crippen molar-refractivity contribution in [1.29, 1.82) is 0 Å². The molecule has 0 aromatic heterocycles. The van der Waals surface area contributed by atoms with E-state index in [0.29, 0.717) is 4.32 Å². The summed E-state index contributed by atoms with van der Waals surface area (Å²) in [6.45, 7) is 9.04. The molecule has 2 aliphatic heterocycles. The van der Waals surface area contributed by atoms with Crippen molar-refractivity contribution in [2.75, 3.05) is 26.2 Å². The summed E-state index contributed by atoms with van der Waals surface area (Å²) in [5, 5.41) is 0. The van der Waals surface area contributed by atoms with Crippen LogP contribution in [0.3, 0.4) is 0 Å². The quantitative estimate of drug-likeness (QED) is 0.581. The molecule has 4 nitrogen and oxygen atoms in total. The summed E-state index contributed by atoms with van der Waals surface area (Å²) in [6.07, 6.45) is 2.93. The lowest BCUT2D eigenvalue weighted by Gasteiger charge is -2.34. The van der Waals surface area contributed by atoms with Crippen LogP contribution in [0.25, 0.3) is 0 Å². The third-order valence-electron chi connectivity index (χ3n) is 4.81. The number of benzene rings is 1. The number of hydrogen-bond acceptors (Lipinski definition) is 5. The highest BCUT2D eigenvalue weighted by Crippen LogP contribution is 2.33. The first-order valence-electron chi connectivity index (χ1n) is 8.86. The first kappa shape index (κ1) is 18.4. The average Bonchev–Trinajstić information content (AvgIpc) is 2.90. The van der Waals surface area contributed by atoms with Crippen molar-refractivity contribution in [3.63, 3.8) is 0 Å². The van der Waals surface area contributed by atoms with Crippen LogP contribution in [0, 0.1) is 0 Å². The second-order valence-electron chi connectivity index (χ2n) is 6.59. The van der Waals surface area contributed by atoms with Crippen molar-refractivity contribution in [1.82, 2.24) is 14.7 Å². The number of piperazine rings is 1. The number of carbonyl (C=O) groups excluding carboxylic acids is 1. The van der Waals surface area contributed by atoms with Gasteiger partial charge in [0.05, 0.1) is 4.91 Å². The Balaban J connectivity index is 1.56. The number of thioether (sulfide) groups is 1. The molecule has 0 bridgehead atoms. The smallest absolute Gasteiger partial charge is 0.267 e. The summed E-state index contributed by atoms with van der Waals surface area (Å²) in [5.74, 6) is 0.0658. The standard InChI is InChI=1S/C19H25N3OS2/c1-3-15(2)22-18(23)17(25-19(22)24)14-21-11-9-20(10-12-21)13-16-7-5-4-6-8-16/h4-8,14-15H,3,9-13H2,1-2H3. The molecule has 2 heterocycles. The SMILES string of the molecule is CCC(C)N1C(=O)C(=CN2CCN(Cc3ccccc3)CC2)SC1=S.